The third-order valence-corrected chi connectivity index (χ3v) is 2.12. The van der Waals surface area contributed by atoms with Gasteiger partial charge in [0.05, 0.1) is 10.9 Å². The van der Waals surface area contributed by atoms with Crippen molar-refractivity contribution in [3.8, 4) is 0 Å². The van der Waals surface area contributed by atoms with Crippen LogP contribution >= 0.6 is 11.6 Å². The van der Waals surface area contributed by atoms with Crippen molar-refractivity contribution in [3.05, 3.63) is 34.6 Å². The van der Waals surface area contributed by atoms with Crippen LogP contribution in [0.5, 0.6) is 0 Å². The normalized spacial score (nSPS) is 12.5. The van der Waals surface area contributed by atoms with Gasteiger partial charge in [0.1, 0.15) is 5.82 Å². The molecule has 0 spiro atoms. The van der Waals surface area contributed by atoms with Gasteiger partial charge in [-0.05, 0) is 24.6 Å². The summed E-state index contributed by atoms with van der Waals surface area (Å²) in [4.78, 5) is 10.5. The molecule has 1 rings (SSSR count). The Kier molecular flexibility index (Phi) is 2.88. The van der Waals surface area contributed by atoms with E-state index in [1.807, 2.05) is 0 Å². The number of aliphatic carboxylic acids is 1. The second-order valence-electron chi connectivity index (χ2n) is 2.73. The molecule has 0 fully saturated rings. The highest BCUT2D eigenvalue weighted by atomic mass is 35.5. The van der Waals surface area contributed by atoms with Crippen molar-refractivity contribution in [1.29, 1.82) is 0 Å². The number of rotatable bonds is 2. The summed E-state index contributed by atoms with van der Waals surface area (Å²) in [6, 6.07) is 4.00. The molecule has 0 radical (unpaired) electrons. The van der Waals surface area contributed by atoms with E-state index in [2.05, 4.69) is 0 Å². The van der Waals surface area contributed by atoms with E-state index < -0.39 is 17.7 Å². The lowest BCUT2D eigenvalue weighted by Gasteiger charge is -2.06. The molecule has 0 amide bonds. The predicted molar refractivity (Wildman–Crippen MR) is 47.5 cm³/mol. The van der Waals surface area contributed by atoms with Crippen LogP contribution in [0, 0.1) is 5.82 Å². The quantitative estimate of drug-likeness (QED) is 0.801. The maximum atomic E-state index is 12.9. The van der Waals surface area contributed by atoms with Crippen LogP contribution in [0.25, 0.3) is 0 Å². The average molecular weight is 203 g/mol. The molecule has 4 heteroatoms. The van der Waals surface area contributed by atoms with Crippen LogP contribution in [-0.4, -0.2) is 11.1 Å². The standard InChI is InChI=1S/C9H8ClFO2/c1-5(9(12)13)6-2-3-7(10)8(11)4-6/h2-5H,1H3,(H,12,13). The van der Waals surface area contributed by atoms with Gasteiger partial charge in [0, 0.05) is 0 Å². The Labute approximate surface area is 80.0 Å². The first-order chi connectivity index (χ1) is 6.02. The molecule has 1 unspecified atom stereocenters. The Bertz CT molecular complexity index is 338. The Morgan fingerprint density at radius 3 is 2.69 bits per heavy atom. The van der Waals surface area contributed by atoms with Gasteiger partial charge in [-0.2, -0.15) is 0 Å². The summed E-state index contributed by atoms with van der Waals surface area (Å²) in [5.74, 6) is -2.29. The average Bonchev–Trinajstić information content (AvgIpc) is 2.08. The monoisotopic (exact) mass is 202 g/mol. The Morgan fingerprint density at radius 1 is 1.62 bits per heavy atom. The maximum Gasteiger partial charge on any atom is 0.310 e. The molecule has 1 aromatic rings. The van der Waals surface area contributed by atoms with Gasteiger partial charge in [-0.25, -0.2) is 4.39 Å². The highest BCUT2D eigenvalue weighted by Crippen LogP contribution is 2.21. The number of benzene rings is 1. The topological polar surface area (TPSA) is 37.3 Å². The number of carbonyl (C=O) groups is 1. The minimum Gasteiger partial charge on any atom is -0.481 e. The fourth-order valence-corrected chi connectivity index (χ4v) is 1.04. The van der Waals surface area contributed by atoms with Gasteiger partial charge in [-0.3, -0.25) is 4.79 Å². The van der Waals surface area contributed by atoms with Crippen LogP contribution in [0.15, 0.2) is 18.2 Å². The fraction of sp³-hybridized carbons (Fsp3) is 0.222. The Hall–Kier alpha value is -1.09. The van der Waals surface area contributed by atoms with Crippen LogP contribution < -0.4 is 0 Å². The molecular weight excluding hydrogens is 195 g/mol. The van der Waals surface area contributed by atoms with E-state index >= 15 is 0 Å². The number of hydrogen-bond donors (Lipinski definition) is 1. The van der Waals surface area contributed by atoms with Gasteiger partial charge < -0.3 is 5.11 Å². The second kappa shape index (κ2) is 3.75. The lowest BCUT2D eigenvalue weighted by atomic mass is 10.0. The van der Waals surface area contributed by atoms with Gasteiger partial charge in [-0.1, -0.05) is 17.7 Å². The van der Waals surface area contributed by atoms with E-state index in [4.69, 9.17) is 16.7 Å². The predicted octanol–water partition coefficient (Wildman–Crippen LogP) is 2.67. The lowest BCUT2D eigenvalue weighted by Crippen LogP contribution is -2.07. The van der Waals surface area contributed by atoms with Crippen molar-refractivity contribution in [2.45, 2.75) is 12.8 Å². The molecule has 70 valence electrons. The zero-order valence-corrected chi connectivity index (χ0v) is 7.68. The molecule has 0 aliphatic carbocycles. The number of carboxylic acids is 1. The van der Waals surface area contributed by atoms with Gasteiger partial charge in [0.25, 0.3) is 0 Å². The number of carboxylic acid groups (broad SMARTS) is 1. The largest absolute Gasteiger partial charge is 0.481 e. The first-order valence-corrected chi connectivity index (χ1v) is 4.08. The molecule has 1 aromatic carbocycles. The van der Waals surface area contributed by atoms with Crippen molar-refractivity contribution in [1.82, 2.24) is 0 Å². The SMILES string of the molecule is CC(C(=O)O)c1ccc(Cl)c(F)c1. The third-order valence-electron chi connectivity index (χ3n) is 1.81. The van der Waals surface area contributed by atoms with E-state index in [9.17, 15) is 9.18 Å². The molecule has 13 heavy (non-hydrogen) atoms. The van der Waals surface area contributed by atoms with E-state index in [1.54, 1.807) is 0 Å². The lowest BCUT2D eigenvalue weighted by molar-refractivity contribution is -0.138. The molecule has 0 aromatic heterocycles. The molecule has 0 bridgehead atoms. The van der Waals surface area contributed by atoms with E-state index in [1.165, 1.54) is 19.1 Å². The van der Waals surface area contributed by atoms with Gasteiger partial charge in [0.2, 0.25) is 0 Å². The molecular formula is C9H8ClFO2. The zero-order chi connectivity index (χ0) is 10.0. The first-order valence-electron chi connectivity index (χ1n) is 3.70. The maximum absolute atomic E-state index is 12.9. The highest BCUT2D eigenvalue weighted by Gasteiger charge is 2.14. The first kappa shape index (κ1) is 9.99. The van der Waals surface area contributed by atoms with E-state index in [-0.39, 0.29) is 5.02 Å². The van der Waals surface area contributed by atoms with Gasteiger partial charge >= 0.3 is 5.97 Å². The highest BCUT2D eigenvalue weighted by molar-refractivity contribution is 6.30. The third kappa shape index (κ3) is 2.18. The molecule has 0 aliphatic rings. The summed E-state index contributed by atoms with van der Waals surface area (Å²) in [5.41, 5.74) is 0.411. The summed E-state index contributed by atoms with van der Waals surface area (Å²) in [6.45, 7) is 1.49. The minimum atomic E-state index is -0.985. The summed E-state index contributed by atoms with van der Waals surface area (Å²) >= 11 is 5.44. The van der Waals surface area contributed by atoms with Crippen molar-refractivity contribution in [2.24, 2.45) is 0 Å². The zero-order valence-electron chi connectivity index (χ0n) is 6.92. The number of hydrogen-bond acceptors (Lipinski definition) is 1. The summed E-state index contributed by atoms with van der Waals surface area (Å²) < 4.78 is 12.9. The van der Waals surface area contributed by atoms with Crippen LogP contribution in [-0.2, 0) is 4.79 Å². The fourth-order valence-electron chi connectivity index (χ4n) is 0.924. The van der Waals surface area contributed by atoms with Crippen molar-refractivity contribution in [2.75, 3.05) is 0 Å². The smallest absolute Gasteiger partial charge is 0.310 e. The van der Waals surface area contributed by atoms with E-state index in [0.717, 1.165) is 6.07 Å². The minimum absolute atomic E-state index is 0.00124. The van der Waals surface area contributed by atoms with E-state index in [0.29, 0.717) is 5.56 Å². The van der Waals surface area contributed by atoms with Crippen molar-refractivity contribution < 1.29 is 14.3 Å². The van der Waals surface area contributed by atoms with Crippen molar-refractivity contribution in [3.63, 3.8) is 0 Å². The number of halogens is 2. The second-order valence-corrected chi connectivity index (χ2v) is 3.14. The van der Waals surface area contributed by atoms with Crippen LogP contribution in [0.4, 0.5) is 4.39 Å². The van der Waals surface area contributed by atoms with Crippen LogP contribution in [0.3, 0.4) is 0 Å². The molecule has 0 saturated carbocycles. The molecule has 0 heterocycles. The Morgan fingerprint density at radius 2 is 2.23 bits per heavy atom. The summed E-state index contributed by atoms with van der Waals surface area (Å²) in [6.07, 6.45) is 0. The van der Waals surface area contributed by atoms with Gasteiger partial charge in [-0.15, -0.1) is 0 Å². The van der Waals surface area contributed by atoms with Crippen LogP contribution in [0.2, 0.25) is 5.02 Å². The van der Waals surface area contributed by atoms with Crippen molar-refractivity contribution >= 4 is 17.6 Å². The van der Waals surface area contributed by atoms with Crippen LogP contribution in [0.1, 0.15) is 18.4 Å². The van der Waals surface area contributed by atoms with Gasteiger partial charge in [0.15, 0.2) is 0 Å². The molecule has 1 atom stereocenters. The summed E-state index contributed by atoms with van der Waals surface area (Å²) in [7, 11) is 0. The molecule has 2 nitrogen and oxygen atoms in total. The molecule has 0 saturated heterocycles. The molecule has 1 N–H and O–H groups in total. The Balaban J connectivity index is 3.03. The summed E-state index contributed by atoms with van der Waals surface area (Å²) in [5, 5.41) is 8.64. The molecule has 0 aliphatic heterocycles.